The predicted octanol–water partition coefficient (Wildman–Crippen LogP) is 2.75. The van der Waals surface area contributed by atoms with E-state index >= 15 is 0 Å². The van der Waals surface area contributed by atoms with Crippen molar-refractivity contribution in [3.05, 3.63) is 24.0 Å². The van der Waals surface area contributed by atoms with Crippen LogP contribution in [0.25, 0.3) is 0 Å². The molecule has 1 heterocycles. The van der Waals surface area contributed by atoms with Crippen LogP contribution in [0.2, 0.25) is 0 Å². The molecule has 2 atom stereocenters. The molecule has 1 aliphatic heterocycles. The third kappa shape index (κ3) is 1.77. The van der Waals surface area contributed by atoms with Gasteiger partial charge in [0.05, 0.1) is 11.6 Å². The van der Waals surface area contributed by atoms with E-state index in [4.69, 9.17) is 0 Å². The highest BCUT2D eigenvalue weighted by Crippen LogP contribution is 2.35. The molecule has 2 aliphatic rings. The van der Waals surface area contributed by atoms with E-state index in [1.54, 1.807) is 6.07 Å². The van der Waals surface area contributed by atoms with Gasteiger partial charge in [-0.25, -0.2) is 4.39 Å². The predicted molar refractivity (Wildman–Crippen MR) is 64.4 cm³/mol. The van der Waals surface area contributed by atoms with Crippen molar-refractivity contribution in [3.63, 3.8) is 0 Å². The molecule has 17 heavy (non-hydrogen) atoms. The van der Waals surface area contributed by atoms with E-state index in [-0.39, 0.29) is 23.7 Å². The number of nitrogens with one attached hydrogen (secondary N) is 2. The normalized spacial score (nSPS) is 27.2. The lowest BCUT2D eigenvalue weighted by atomic mass is 9.84. The van der Waals surface area contributed by atoms with Gasteiger partial charge in [0.2, 0.25) is 5.91 Å². The quantitative estimate of drug-likeness (QED) is 0.724. The maximum absolute atomic E-state index is 13.6. The van der Waals surface area contributed by atoms with Crippen molar-refractivity contribution in [2.75, 3.05) is 10.6 Å². The van der Waals surface area contributed by atoms with Crippen LogP contribution in [-0.2, 0) is 4.79 Å². The van der Waals surface area contributed by atoms with E-state index in [2.05, 4.69) is 10.6 Å². The van der Waals surface area contributed by atoms with Gasteiger partial charge in [-0.05, 0) is 25.0 Å². The number of carbonyl (C=O) groups is 1. The SMILES string of the molecule is O=C1Nc2c(F)cccc2NC2CCCCC12. The van der Waals surface area contributed by atoms with Crippen LogP contribution in [0.5, 0.6) is 0 Å². The molecule has 1 aromatic carbocycles. The Labute approximate surface area is 99.4 Å². The topological polar surface area (TPSA) is 41.1 Å². The van der Waals surface area contributed by atoms with E-state index in [9.17, 15) is 9.18 Å². The molecule has 1 aromatic rings. The van der Waals surface area contributed by atoms with E-state index in [0.717, 1.165) is 25.7 Å². The zero-order chi connectivity index (χ0) is 11.8. The minimum absolute atomic E-state index is 0.0319. The molecule has 1 aliphatic carbocycles. The summed E-state index contributed by atoms with van der Waals surface area (Å²) in [5.41, 5.74) is 1.000. The smallest absolute Gasteiger partial charge is 0.229 e. The number of hydrogen-bond acceptors (Lipinski definition) is 2. The standard InChI is InChI=1S/C13H15FN2O/c14-9-5-3-7-11-12(9)16-13(17)8-4-1-2-6-10(8)15-11/h3,5,7-8,10,15H,1-2,4,6H2,(H,16,17). The Kier molecular flexibility index (Phi) is 2.50. The van der Waals surface area contributed by atoms with Crippen LogP contribution < -0.4 is 10.6 Å². The molecule has 3 nitrogen and oxygen atoms in total. The molecule has 1 fully saturated rings. The number of rotatable bonds is 0. The number of fused-ring (bicyclic) bond motifs is 2. The van der Waals surface area contributed by atoms with E-state index in [1.165, 1.54) is 6.07 Å². The van der Waals surface area contributed by atoms with Gasteiger partial charge in [0.25, 0.3) is 0 Å². The average molecular weight is 234 g/mol. The summed E-state index contributed by atoms with van der Waals surface area (Å²) < 4.78 is 13.6. The Hall–Kier alpha value is -1.58. The highest BCUT2D eigenvalue weighted by Gasteiger charge is 2.34. The number of anilines is 2. The molecule has 2 unspecified atom stereocenters. The van der Waals surface area contributed by atoms with Crippen LogP contribution >= 0.6 is 0 Å². The van der Waals surface area contributed by atoms with Crippen LogP contribution in [-0.4, -0.2) is 11.9 Å². The summed E-state index contributed by atoms with van der Waals surface area (Å²) in [6.07, 6.45) is 4.08. The summed E-state index contributed by atoms with van der Waals surface area (Å²) >= 11 is 0. The molecule has 1 amide bonds. The second-order valence-electron chi connectivity index (χ2n) is 4.79. The molecule has 0 aromatic heterocycles. The Morgan fingerprint density at radius 2 is 2.06 bits per heavy atom. The summed E-state index contributed by atoms with van der Waals surface area (Å²) in [4.78, 5) is 12.0. The second kappa shape index (κ2) is 4.02. The van der Waals surface area contributed by atoms with Gasteiger partial charge < -0.3 is 10.6 Å². The van der Waals surface area contributed by atoms with Gasteiger partial charge in [-0.2, -0.15) is 0 Å². The third-order valence-corrected chi connectivity index (χ3v) is 3.71. The lowest BCUT2D eigenvalue weighted by Gasteiger charge is -2.29. The maximum Gasteiger partial charge on any atom is 0.229 e. The Morgan fingerprint density at radius 3 is 2.94 bits per heavy atom. The summed E-state index contributed by atoms with van der Waals surface area (Å²) in [7, 11) is 0. The fourth-order valence-corrected chi connectivity index (χ4v) is 2.80. The Bertz CT molecular complexity index is 461. The first-order valence-electron chi connectivity index (χ1n) is 6.11. The Morgan fingerprint density at radius 1 is 1.24 bits per heavy atom. The van der Waals surface area contributed by atoms with Gasteiger partial charge in [-0.3, -0.25) is 4.79 Å². The van der Waals surface area contributed by atoms with E-state index in [1.807, 2.05) is 6.07 Å². The van der Waals surface area contributed by atoms with Crippen molar-refractivity contribution in [3.8, 4) is 0 Å². The average Bonchev–Trinajstić information content (AvgIpc) is 2.47. The monoisotopic (exact) mass is 234 g/mol. The van der Waals surface area contributed by atoms with Gasteiger partial charge >= 0.3 is 0 Å². The zero-order valence-electron chi connectivity index (χ0n) is 9.50. The van der Waals surface area contributed by atoms with Crippen molar-refractivity contribution in [2.45, 2.75) is 31.7 Å². The number of halogens is 1. The fourth-order valence-electron chi connectivity index (χ4n) is 2.80. The van der Waals surface area contributed by atoms with Crippen LogP contribution in [0.1, 0.15) is 25.7 Å². The molecule has 2 N–H and O–H groups in total. The van der Waals surface area contributed by atoms with Crippen LogP contribution in [0.4, 0.5) is 15.8 Å². The minimum atomic E-state index is -0.373. The number of para-hydroxylation sites is 1. The van der Waals surface area contributed by atoms with Gasteiger partial charge in [-0.15, -0.1) is 0 Å². The molecule has 0 saturated heterocycles. The fraction of sp³-hybridized carbons (Fsp3) is 0.462. The number of carbonyl (C=O) groups excluding carboxylic acids is 1. The molecule has 0 radical (unpaired) electrons. The molecule has 0 spiro atoms. The summed E-state index contributed by atoms with van der Waals surface area (Å²) in [5.74, 6) is -0.455. The lowest BCUT2D eigenvalue weighted by Crippen LogP contribution is -2.37. The van der Waals surface area contributed by atoms with Crippen molar-refractivity contribution in [2.24, 2.45) is 5.92 Å². The first-order valence-corrected chi connectivity index (χ1v) is 6.11. The first-order chi connectivity index (χ1) is 8.25. The molecule has 90 valence electrons. The summed E-state index contributed by atoms with van der Waals surface area (Å²) in [5, 5.41) is 6.02. The largest absolute Gasteiger partial charge is 0.380 e. The molecular weight excluding hydrogens is 219 g/mol. The van der Waals surface area contributed by atoms with Crippen LogP contribution in [0, 0.1) is 11.7 Å². The highest BCUT2D eigenvalue weighted by atomic mass is 19.1. The zero-order valence-corrected chi connectivity index (χ0v) is 9.50. The number of benzene rings is 1. The van der Waals surface area contributed by atoms with Crippen LogP contribution in [0.3, 0.4) is 0 Å². The lowest BCUT2D eigenvalue weighted by molar-refractivity contribution is -0.120. The van der Waals surface area contributed by atoms with E-state index < -0.39 is 0 Å². The molecule has 0 bridgehead atoms. The van der Waals surface area contributed by atoms with Crippen molar-refractivity contribution in [1.82, 2.24) is 0 Å². The van der Waals surface area contributed by atoms with Crippen molar-refractivity contribution in [1.29, 1.82) is 0 Å². The highest BCUT2D eigenvalue weighted by molar-refractivity contribution is 5.98. The Balaban J connectivity index is 2.01. The number of hydrogen-bond donors (Lipinski definition) is 2. The van der Waals surface area contributed by atoms with Crippen molar-refractivity contribution < 1.29 is 9.18 Å². The second-order valence-corrected chi connectivity index (χ2v) is 4.79. The van der Waals surface area contributed by atoms with E-state index in [0.29, 0.717) is 11.4 Å². The van der Waals surface area contributed by atoms with Crippen molar-refractivity contribution >= 4 is 17.3 Å². The van der Waals surface area contributed by atoms with Gasteiger partial charge in [0, 0.05) is 6.04 Å². The minimum Gasteiger partial charge on any atom is -0.380 e. The first kappa shape index (κ1) is 10.6. The summed E-state index contributed by atoms with van der Waals surface area (Å²) in [6.45, 7) is 0. The van der Waals surface area contributed by atoms with Gasteiger partial charge in [0.15, 0.2) is 0 Å². The molecule has 4 heteroatoms. The molecular formula is C13H15FN2O. The number of amides is 1. The van der Waals surface area contributed by atoms with Gasteiger partial charge in [-0.1, -0.05) is 18.9 Å². The molecule has 1 saturated carbocycles. The maximum atomic E-state index is 13.6. The third-order valence-electron chi connectivity index (χ3n) is 3.71. The molecule has 3 rings (SSSR count). The van der Waals surface area contributed by atoms with Crippen LogP contribution in [0.15, 0.2) is 18.2 Å². The summed E-state index contributed by atoms with van der Waals surface area (Å²) in [6, 6.07) is 4.99. The van der Waals surface area contributed by atoms with Gasteiger partial charge in [0.1, 0.15) is 11.5 Å².